The first-order valence-corrected chi connectivity index (χ1v) is 7.04. The van der Waals surface area contributed by atoms with Crippen molar-refractivity contribution in [1.82, 2.24) is 5.32 Å². The molecule has 102 valence electrons. The van der Waals surface area contributed by atoms with E-state index >= 15 is 0 Å². The van der Waals surface area contributed by atoms with Gasteiger partial charge in [0.25, 0.3) is 0 Å². The Hall–Kier alpha value is -1.26. The van der Waals surface area contributed by atoms with Gasteiger partial charge in [0, 0.05) is 6.04 Å². The molecule has 1 N–H and O–H groups in total. The molecule has 0 aliphatic heterocycles. The van der Waals surface area contributed by atoms with Crippen LogP contribution in [0.2, 0.25) is 0 Å². The number of methoxy groups -OCH3 is 1. The number of hydrogen-bond acceptors (Lipinski definition) is 3. The summed E-state index contributed by atoms with van der Waals surface area (Å²) in [6.45, 7) is 4.22. The Bertz CT molecular complexity index is 521. The van der Waals surface area contributed by atoms with Crippen molar-refractivity contribution in [2.45, 2.75) is 25.9 Å². The first-order valence-electron chi connectivity index (χ1n) is 6.25. The molecule has 0 aliphatic rings. The molecular weight excluding hydrogens is 306 g/mol. The number of halogens is 1. The molecule has 0 fully saturated rings. The highest BCUT2D eigenvalue weighted by molar-refractivity contribution is 9.10. The van der Waals surface area contributed by atoms with Crippen molar-refractivity contribution in [2.75, 3.05) is 7.11 Å². The highest BCUT2D eigenvalue weighted by atomic mass is 79.9. The Morgan fingerprint density at radius 3 is 2.26 bits per heavy atom. The average molecular weight is 324 g/mol. The topological polar surface area (TPSA) is 34.4 Å². The van der Waals surface area contributed by atoms with E-state index in [1.807, 2.05) is 24.3 Å². The molecule has 0 aliphatic carbocycles. The molecular formula is C15H18BrNO2. The van der Waals surface area contributed by atoms with Gasteiger partial charge in [0.15, 0.2) is 4.67 Å². The van der Waals surface area contributed by atoms with Crippen molar-refractivity contribution >= 4 is 15.9 Å². The van der Waals surface area contributed by atoms with E-state index in [9.17, 15) is 0 Å². The lowest BCUT2D eigenvalue weighted by molar-refractivity contribution is 0.393. The van der Waals surface area contributed by atoms with Crippen LogP contribution in [-0.2, 0) is 0 Å². The van der Waals surface area contributed by atoms with Crippen molar-refractivity contribution in [2.24, 2.45) is 0 Å². The zero-order chi connectivity index (χ0) is 13.8. The molecule has 2 aromatic rings. The highest BCUT2D eigenvalue weighted by Gasteiger charge is 2.14. The van der Waals surface area contributed by atoms with E-state index in [0.717, 1.165) is 16.2 Å². The summed E-state index contributed by atoms with van der Waals surface area (Å²) >= 11 is 3.32. The van der Waals surface area contributed by atoms with Gasteiger partial charge >= 0.3 is 0 Å². The predicted octanol–water partition coefficient (Wildman–Crippen LogP) is 4.46. The zero-order valence-corrected chi connectivity index (χ0v) is 12.9. The van der Waals surface area contributed by atoms with E-state index in [-0.39, 0.29) is 12.1 Å². The number of ether oxygens (including phenoxy) is 1. The van der Waals surface area contributed by atoms with Gasteiger partial charge in [0.1, 0.15) is 11.5 Å². The van der Waals surface area contributed by atoms with Crippen LogP contribution in [0.15, 0.2) is 45.5 Å². The van der Waals surface area contributed by atoms with Crippen LogP contribution in [0.25, 0.3) is 0 Å². The summed E-state index contributed by atoms with van der Waals surface area (Å²) in [7, 11) is 1.67. The molecule has 0 radical (unpaired) electrons. The normalized spacial score (nSPS) is 14.1. The minimum atomic E-state index is 0.156. The summed E-state index contributed by atoms with van der Waals surface area (Å²) < 4.78 is 11.5. The average Bonchev–Trinajstić information content (AvgIpc) is 2.85. The van der Waals surface area contributed by atoms with Crippen molar-refractivity contribution < 1.29 is 9.15 Å². The molecule has 1 heterocycles. The summed E-state index contributed by atoms with van der Waals surface area (Å²) in [6.07, 6.45) is 0. The lowest BCUT2D eigenvalue weighted by Crippen LogP contribution is -2.22. The molecule has 2 atom stereocenters. The molecule has 0 saturated carbocycles. The van der Waals surface area contributed by atoms with Crippen molar-refractivity contribution in [3.63, 3.8) is 0 Å². The van der Waals surface area contributed by atoms with Gasteiger partial charge in [-0.3, -0.25) is 0 Å². The van der Waals surface area contributed by atoms with Gasteiger partial charge in [-0.05, 0) is 59.6 Å². The third kappa shape index (κ3) is 3.61. The second-order valence-electron chi connectivity index (χ2n) is 4.53. The number of furan rings is 1. The highest BCUT2D eigenvalue weighted by Crippen LogP contribution is 2.24. The molecule has 2 rings (SSSR count). The quantitative estimate of drug-likeness (QED) is 0.881. The van der Waals surface area contributed by atoms with Gasteiger partial charge in [0.2, 0.25) is 0 Å². The number of hydrogen-bond donors (Lipinski definition) is 1. The predicted molar refractivity (Wildman–Crippen MR) is 79.4 cm³/mol. The molecule has 3 nitrogen and oxygen atoms in total. The molecule has 4 heteroatoms. The molecule has 1 aromatic heterocycles. The van der Waals surface area contributed by atoms with Crippen LogP contribution in [0, 0.1) is 0 Å². The zero-order valence-electron chi connectivity index (χ0n) is 11.3. The molecule has 0 amide bonds. The Morgan fingerprint density at radius 2 is 1.74 bits per heavy atom. The smallest absolute Gasteiger partial charge is 0.169 e. The summed E-state index contributed by atoms with van der Waals surface area (Å²) in [5, 5.41) is 3.51. The van der Waals surface area contributed by atoms with Crippen LogP contribution < -0.4 is 10.1 Å². The molecule has 2 unspecified atom stereocenters. The van der Waals surface area contributed by atoms with E-state index < -0.39 is 0 Å². The largest absolute Gasteiger partial charge is 0.497 e. The van der Waals surface area contributed by atoms with Crippen molar-refractivity contribution in [3.8, 4) is 5.75 Å². The van der Waals surface area contributed by atoms with Crippen LogP contribution in [-0.4, -0.2) is 7.11 Å². The molecule has 0 saturated heterocycles. The SMILES string of the molecule is COc1ccc(C(C)NC(C)c2ccc(Br)o2)cc1. The van der Waals surface area contributed by atoms with Gasteiger partial charge < -0.3 is 14.5 Å². The third-order valence-electron chi connectivity index (χ3n) is 3.14. The second kappa shape index (κ2) is 6.26. The van der Waals surface area contributed by atoms with Gasteiger partial charge in [-0.15, -0.1) is 0 Å². The monoisotopic (exact) mass is 323 g/mol. The van der Waals surface area contributed by atoms with E-state index in [0.29, 0.717) is 0 Å². The van der Waals surface area contributed by atoms with E-state index in [4.69, 9.17) is 9.15 Å². The minimum Gasteiger partial charge on any atom is -0.497 e. The third-order valence-corrected chi connectivity index (χ3v) is 3.56. The van der Waals surface area contributed by atoms with Crippen molar-refractivity contribution in [3.05, 3.63) is 52.4 Å². The van der Waals surface area contributed by atoms with Crippen LogP contribution in [0.5, 0.6) is 5.75 Å². The Labute approximate surface area is 122 Å². The van der Waals surface area contributed by atoms with Gasteiger partial charge in [-0.1, -0.05) is 12.1 Å². The number of rotatable bonds is 5. The molecule has 0 bridgehead atoms. The Kier molecular flexibility index (Phi) is 4.66. The lowest BCUT2D eigenvalue weighted by atomic mass is 10.1. The second-order valence-corrected chi connectivity index (χ2v) is 5.31. The molecule has 1 aromatic carbocycles. The Morgan fingerprint density at radius 1 is 1.05 bits per heavy atom. The van der Waals surface area contributed by atoms with Gasteiger partial charge in [-0.2, -0.15) is 0 Å². The molecule has 19 heavy (non-hydrogen) atoms. The van der Waals surface area contributed by atoms with Gasteiger partial charge in [0.05, 0.1) is 13.2 Å². The van der Waals surface area contributed by atoms with Crippen LogP contribution in [0.1, 0.15) is 37.3 Å². The van der Waals surface area contributed by atoms with Crippen LogP contribution in [0.4, 0.5) is 0 Å². The fourth-order valence-electron chi connectivity index (χ4n) is 2.01. The van der Waals surface area contributed by atoms with Crippen LogP contribution >= 0.6 is 15.9 Å². The summed E-state index contributed by atoms with van der Waals surface area (Å²) in [4.78, 5) is 0. The summed E-state index contributed by atoms with van der Waals surface area (Å²) in [5.41, 5.74) is 1.22. The van der Waals surface area contributed by atoms with E-state index in [1.165, 1.54) is 5.56 Å². The standard InChI is InChI=1S/C15H18BrNO2/c1-10(12-4-6-13(18-3)7-5-12)17-11(2)14-8-9-15(16)19-14/h4-11,17H,1-3H3. The first kappa shape index (κ1) is 14.2. The summed E-state index contributed by atoms with van der Waals surface area (Å²) in [6, 6.07) is 12.4. The van der Waals surface area contributed by atoms with E-state index in [2.05, 4.69) is 47.2 Å². The molecule has 0 spiro atoms. The maximum absolute atomic E-state index is 5.55. The lowest BCUT2D eigenvalue weighted by Gasteiger charge is -2.19. The van der Waals surface area contributed by atoms with E-state index in [1.54, 1.807) is 7.11 Å². The number of nitrogens with one attached hydrogen (secondary N) is 1. The Balaban J connectivity index is 2.01. The fraction of sp³-hybridized carbons (Fsp3) is 0.333. The fourth-order valence-corrected chi connectivity index (χ4v) is 2.33. The minimum absolute atomic E-state index is 0.156. The van der Waals surface area contributed by atoms with Crippen LogP contribution in [0.3, 0.4) is 0 Å². The van der Waals surface area contributed by atoms with Crippen molar-refractivity contribution in [1.29, 1.82) is 0 Å². The summed E-state index contributed by atoms with van der Waals surface area (Å²) in [5.74, 6) is 1.80. The maximum Gasteiger partial charge on any atom is 0.169 e. The maximum atomic E-state index is 5.55. The van der Waals surface area contributed by atoms with Gasteiger partial charge in [-0.25, -0.2) is 0 Å². The first-order chi connectivity index (χ1) is 9.10. The number of benzene rings is 1.